The fourth-order valence-corrected chi connectivity index (χ4v) is 7.77. The molecule has 8 aromatic carbocycles. The summed E-state index contributed by atoms with van der Waals surface area (Å²) in [5.74, 6) is 0. The molecule has 0 aromatic heterocycles. The third-order valence-corrected chi connectivity index (χ3v) is 10.4. The van der Waals surface area contributed by atoms with Gasteiger partial charge in [-0.3, -0.25) is 0 Å². The largest absolute Gasteiger partial charge is 0.317 e. The number of fused-ring (bicyclic) bond motifs is 5. The first kappa shape index (κ1) is 30.7. The predicted molar refractivity (Wildman–Crippen MR) is 218 cm³/mol. The summed E-state index contributed by atoms with van der Waals surface area (Å²) in [6, 6.07) is 65.8. The van der Waals surface area contributed by atoms with E-state index in [1.807, 2.05) is 0 Å². The molecule has 0 aliphatic carbocycles. The highest BCUT2D eigenvalue weighted by Crippen LogP contribution is 2.52. The molecule has 9 rings (SSSR count). The average Bonchev–Trinajstić information content (AvgIpc) is 3.19. The zero-order chi connectivity index (χ0) is 34.4. The molecule has 0 amide bonds. The first-order valence-electron chi connectivity index (χ1n) is 17.7. The molecule has 1 heterocycles. The van der Waals surface area contributed by atoms with Crippen LogP contribution in [0.15, 0.2) is 188 Å². The Morgan fingerprint density at radius 2 is 1.02 bits per heavy atom. The third-order valence-electron chi connectivity index (χ3n) is 10.4. The van der Waals surface area contributed by atoms with Gasteiger partial charge >= 0.3 is 0 Å². The lowest BCUT2D eigenvalue weighted by molar-refractivity contribution is 0.632. The van der Waals surface area contributed by atoms with Gasteiger partial charge in [0.1, 0.15) is 0 Å². The van der Waals surface area contributed by atoms with E-state index in [1.165, 1.54) is 60.9 Å². The molecule has 1 aliphatic heterocycles. The van der Waals surface area contributed by atoms with E-state index in [9.17, 15) is 0 Å². The number of hydrogen-bond donors (Lipinski definition) is 0. The number of para-hydroxylation sites is 4. The summed E-state index contributed by atoms with van der Waals surface area (Å²) in [6.45, 7) is 4.71. The van der Waals surface area contributed by atoms with Gasteiger partial charge in [-0.15, -0.1) is 0 Å². The molecule has 0 atom stereocenters. The normalized spacial score (nSPS) is 13.3. The summed E-state index contributed by atoms with van der Waals surface area (Å²) < 4.78 is 0. The van der Waals surface area contributed by atoms with E-state index in [1.54, 1.807) is 0 Å². The Hall–Kier alpha value is -6.38. The van der Waals surface area contributed by atoms with E-state index in [4.69, 9.17) is 0 Å². The second kappa shape index (κ2) is 12.5. The summed E-state index contributed by atoms with van der Waals surface area (Å²) in [5, 5.41) is 5.01. The maximum absolute atomic E-state index is 2.41. The van der Waals surface area contributed by atoms with Crippen molar-refractivity contribution in [2.45, 2.75) is 19.3 Å². The van der Waals surface area contributed by atoms with Crippen LogP contribution in [0.25, 0.3) is 38.7 Å². The maximum atomic E-state index is 2.41. The van der Waals surface area contributed by atoms with Crippen molar-refractivity contribution in [3.8, 4) is 11.1 Å². The minimum Gasteiger partial charge on any atom is -0.317 e. The van der Waals surface area contributed by atoms with Gasteiger partial charge in [0.25, 0.3) is 0 Å². The van der Waals surface area contributed by atoms with Crippen molar-refractivity contribution in [3.05, 3.63) is 205 Å². The van der Waals surface area contributed by atoms with E-state index in [-0.39, 0.29) is 5.41 Å². The zero-order valence-corrected chi connectivity index (χ0v) is 28.9. The van der Waals surface area contributed by atoms with Gasteiger partial charge in [0.15, 0.2) is 0 Å². The van der Waals surface area contributed by atoms with Gasteiger partial charge in [0.05, 0.1) is 11.4 Å². The third kappa shape index (κ3) is 5.46. The van der Waals surface area contributed by atoms with Gasteiger partial charge in [0.2, 0.25) is 0 Å². The number of rotatable bonds is 6. The van der Waals surface area contributed by atoms with Crippen LogP contribution in [0.1, 0.15) is 30.5 Å². The highest BCUT2D eigenvalue weighted by molar-refractivity contribution is 6.09. The van der Waals surface area contributed by atoms with Crippen molar-refractivity contribution in [2.75, 3.05) is 9.80 Å². The van der Waals surface area contributed by atoms with Crippen LogP contribution in [0.4, 0.5) is 28.4 Å². The quantitative estimate of drug-likeness (QED) is 0.165. The molecule has 0 saturated heterocycles. The molecule has 2 nitrogen and oxygen atoms in total. The molecule has 0 radical (unpaired) electrons. The Morgan fingerprint density at radius 1 is 0.471 bits per heavy atom. The van der Waals surface area contributed by atoms with Crippen LogP contribution in [0.3, 0.4) is 0 Å². The van der Waals surface area contributed by atoms with E-state index in [0.29, 0.717) is 0 Å². The Morgan fingerprint density at radius 3 is 1.73 bits per heavy atom. The van der Waals surface area contributed by atoms with Crippen molar-refractivity contribution >= 4 is 56.1 Å². The lowest BCUT2D eigenvalue weighted by Gasteiger charge is -2.42. The fourth-order valence-electron chi connectivity index (χ4n) is 7.77. The molecule has 0 spiro atoms. The Labute approximate surface area is 300 Å². The molecule has 0 bridgehead atoms. The summed E-state index contributed by atoms with van der Waals surface area (Å²) in [4.78, 5) is 4.64. The zero-order valence-electron chi connectivity index (χ0n) is 28.9. The molecule has 0 unspecified atom stereocenters. The van der Waals surface area contributed by atoms with E-state index in [0.717, 1.165) is 16.9 Å². The van der Waals surface area contributed by atoms with Gasteiger partial charge in [0, 0.05) is 28.7 Å². The summed E-state index contributed by atoms with van der Waals surface area (Å²) in [7, 11) is 0. The Bertz CT molecular complexity index is 2510. The van der Waals surface area contributed by atoms with Gasteiger partial charge in [-0.25, -0.2) is 0 Å². The smallest absolute Gasteiger partial charge is 0.0503 e. The summed E-state index contributed by atoms with van der Waals surface area (Å²) >= 11 is 0. The van der Waals surface area contributed by atoms with Gasteiger partial charge in [-0.1, -0.05) is 129 Å². The molecule has 0 fully saturated rings. The lowest BCUT2D eigenvalue weighted by Crippen LogP contribution is -2.30. The highest BCUT2D eigenvalue weighted by Gasteiger charge is 2.36. The van der Waals surface area contributed by atoms with Crippen LogP contribution in [0.2, 0.25) is 0 Å². The Balaban J connectivity index is 1.06. The number of benzene rings is 8. The first-order chi connectivity index (χ1) is 25.0. The van der Waals surface area contributed by atoms with Crippen LogP contribution in [0.5, 0.6) is 0 Å². The molecule has 244 valence electrons. The standard InChI is InChI=1S/C49H38N2/c1-49(2)45-20-12-13-21-47(45)51(42-18-10-5-11-19-42)48-29-26-37(34-46(48)49)36-25-28-44-39(33-36)24-23-38-32-35(22-27-43(38)44)30-31-50(40-14-6-3-7-15-40)41-16-8-4-9-17-41/h3-34H,1-2H3/b31-30+. The summed E-state index contributed by atoms with van der Waals surface area (Å²) in [6.07, 6.45) is 4.36. The van der Waals surface area contributed by atoms with Crippen LogP contribution in [-0.2, 0) is 5.41 Å². The highest BCUT2D eigenvalue weighted by atomic mass is 15.2. The number of hydrogen-bond acceptors (Lipinski definition) is 2. The van der Waals surface area contributed by atoms with Crippen molar-refractivity contribution < 1.29 is 0 Å². The molecule has 51 heavy (non-hydrogen) atoms. The van der Waals surface area contributed by atoms with Gasteiger partial charge in [-0.2, -0.15) is 0 Å². The molecular weight excluding hydrogens is 617 g/mol. The van der Waals surface area contributed by atoms with Crippen LogP contribution in [0, 0.1) is 0 Å². The predicted octanol–water partition coefficient (Wildman–Crippen LogP) is 13.6. The van der Waals surface area contributed by atoms with Crippen LogP contribution in [-0.4, -0.2) is 0 Å². The van der Waals surface area contributed by atoms with E-state index < -0.39 is 0 Å². The minimum atomic E-state index is -0.147. The Kier molecular flexibility index (Phi) is 7.51. The molecule has 0 saturated carbocycles. The van der Waals surface area contributed by atoms with Crippen molar-refractivity contribution in [1.82, 2.24) is 0 Å². The monoisotopic (exact) mass is 654 g/mol. The van der Waals surface area contributed by atoms with Crippen LogP contribution >= 0.6 is 0 Å². The van der Waals surface area contributed by atoms with Crippen LogP contribution < -0.4 is 9.80 Å². The van der Waals surface area contributed by atoms with Crippen molar-refractivity contribution in [2.24, 2.45) is 0 Å². The van der Waals surface area contributed by atoms with E-state index >= 15 is 0 Å². The average molecular weight is 655 g/mol. The second-order valence-electron chi connectivity index (χ2n) is 13.9. The molecular formula is C49H38N2. The molecule has 0 N–H and O–H groups in total. The molecule has 1 aliphatic rings. The summed E-state index contributed by atoms with van der Waals surface area (Å²) in [5.41, 5.74) is 12.1. The minimum absolute atomic E-state index is 0.147. The maximum Gasteiger partial charge on any atom is 0.0503 e. The topological polar surface area (TPSA) is 6.48 Å². The molecule has 2 heteroatoms. The first-order valence-corrected chi connectivity index (χ1v) is 17.7. The van der Waals surface area contributed by atoms with Gasteiger partial charge < -0.3 is 9.80 Å². The van der Waals surface area contributed by atoms with E-state index in [2.05, 4.69) is 218 Å². The van der Waals surface area contributed by atoms with Gasteiger partial charge in [-0.05, 0) is 122 Å². The second-order valence-corrected chi connectivity index (χ2v) is 13.9. The van der Waals surface area contributed by atoms with Crippen molar-refractivity contribution in [1.29, 1.82) is 0 Å². The van der Waals surface area contributed by atoms with Crippen molar-refractivity contribution in [3.63, 3.8) is 0 Å². The number of nitrogens with zero attached hydrogens (tertiary/aromatic N) is 2. The fraction of sp³-hybridized carbons (Fsp3) is 0.0612. The SMILES string of the molecule is CC1(C)c2ccccc2N(c2ccccc2)c2ccc(-c3ccc4c(ccc5cc(/C=C/N(c6ccccc6)c6ccccc6)ccc54)c3)cc21. The molecule has 8 aromatic rings. The lowest BCUT2D eigenvalue weighted by atomic mass is 9.73. The number of anilines is 5.